The van der Waals surface area contributed by atoms with Crippen LogP contribution in [0.4, 0.5) is 0 Å². The topological polar surface area (TPSA) is 150 Å². The molecule has 0 bridgehead atoms. The highest BCUT2D eigenvalue weighted by Gasteiger charge is 2.45. The van der Waals surface area contributed by atoms with Crippen LogP contribution in [0, 0.1) is 0 Å². The van der Waals surface area contributed by atoms with Crippen LogP contribution in [0.15, 0.2) is 116 Å². The molecule has 9 rings (SSSR count). The molecule has 1 saturated heterocycles. The minimum Gasteiger partial charge on any atom is -0.493 e. The zero-order chi connectivity index (χ0) is 39.0. The van der Waals surface area contributed by atoms with Crippen molar-refractivity contribution in [3.8, 4) is 50.7 Å². The molecule has 12 nitrogen and oxygen atoms in total. The summed E-state index contributed by atoms with van der Waals surface area (Å²) in [5, 5.41) is 7.19. The van der Waals surface area contributed by atoms with Crippen LogP contribution >= 0.6 is 0 Å². The number of Topliss-reactive ketones (excluding diaryl/α,β-unsaturated/α-hetero) is 1. The summed E-state index contributed by atoms with van der Waals surface area (Å²) in [5.74, 6) is -0.695. The van der Waals surface area contributed by atoms with Gasteiger partial charge in [-0.3, -0.25) is 39.2 Å². The highest BCUT2D eigenvalue weighted by atomic mass is 16.5. The Morgan fingerprint density at radius 3 is 2.23 bits per heavy atom. The number of fused-ring (bicyclic) bond motifs is 2. The van der Waals surface area contributed by atoms with E-state index in [1.807, 2.05) is 83.7 Å². The summed E-state index contributed by atoms with van der Waals surface area (Å²) < 4.78 is 13.9. The molecule has 1 aliphatic carbocycles. The molecule has 0 radical (unpaired) electrons. The Morgan fingerprint density at radius 2 is 1.42 bits per heavy atom. The predicted octanol–water partition coefficient (Wildman–Crippen LogP) is 6.65. The smallest absolute Gasteiger partial charge is 0.262 e. The van der Waals surface area contributed by atoms with E-state index < -0.39 is 29.7 Å². The van der Waals surface area contributed by atoms with Crippen LogP contribution in [0.1, 0.15) is 62.3 Å². The third kappa shape index (κ3) is 6.75. The zero-order valence-electron chi connectivity index (χ0n) is 30.6. The summed E-state index contributed by atoms with van der Waals surface area (Å²) in [5.41, 5.74) is 8.15. The molecule has 0 saturated carbocycles. The number of carbonyl (C=O) groups is 5. The fourth-order valence-corrected chi connectivity index (χ4v) is 7.71. The number of imide groups is 2. The Labute approximate surface area is 327 Å². The first-order valence-corrected chi connectivity index (χ1v) is 18.8. The molecule has 1 atom stereocenters. The average Bonchev–Trinajstić information content (AvgIpc) is 3.92. The van der Waals surface area contributed by atoms with Crippen LogP contribution in [-0.2, 0) is 16.0 Å². The lowest BCUT2D eigenvalue weighted by molar-refractivity contribution is -0.136. The molecule has 2 aromatic heterocycles. The van der Waals surface area contributed by atoms with Crippen LogP contribution in [0.3, 0.4) is 0 Å². The van der Waals surface area contributed by atoms with Gasteiger partial charge < -0.3 is 9.47 Å². The highest BCUT2D eigenvalue weighted by Crippen LogP contribution is 2.37. The van der Waals surface area contributed by atoms with Gasteiger partial charge in [0.2, 0.25) is 11.8 Å². The third-order valence-corrected chi connectivity index (χ3v) is 10.5. The number of hydrogen-bond donors (Lipinski definition) is 1. The summed E-state index contributed by atoms with van der Waals surface area (Å²) in [6, 6.07) is 28.9. The van der Waals surface area contributed by atoms with Crippen molar-refractivity contribution in [1.29, 1.82) is 0 Å². The maximum absolute atomic E-state index is 13.6. The molecule has 6 aromatic rings. The number of rotatable bonds is 11. The van der Waals surface area contributed by atoms with Gasteiger partial charge in [0.05, 0.1) is 30.0 Å². The lowest BCUT2D eigenvalue weighted by Crippen LogP contribution is -2.54. The minimum absolute atomic E-state index is 0.0538. The second-order valence-corrected chi connectivity index (χ2v) is 14.1. The van der Waals surface area contributed by atoms with E-state index in [2.05, 4.69) is 16.4 Å². The Kier molecular flexibility index (Phi) is 9.21. The van der Waals surface area contributed by atoms with Gasteiger partial charge in [0.15, 0.2) is 5.78 Å². The van der Waals surface area contributed by atoms with Gasteiger partial charge >= 0.3 is 0 Å². The van der Waals surface area contributed by atoms with Crippen LogP contribution in [0.5, 0.6) is 11.5 Å². The molecule has 4 amide bonds. The molecule has 0 spiro atoms. The monoisotopic (exact) mass is 757 g/mol. The van der Waals surface area contributed by atoms with E-state index in [-0.39, 0.29) is 29.8 Å². The third-order valence-electron chi connectivity index (χ3n) is 10.5. The fourth-order valence-electron chi connectivity index (χ4n) is 7.71. The summed E-state index contributed by atoms with van der Waals surface area (Å²) >= 11 is 0. The van der Waals surface area contributed by atoms with E-state index in [9.17, 15) is 24.0 Å². The van der Waals surface area contributed by atoms with Crippen molar-refractivity contribution < 1.29 is 33.4 Å². The van der Waals surface area contributed by atoms with E-state index in [4.69, 9.17) is 14.6 Å². The standard InChI is InChI=1S/C45H35N5O7/c51-39-16-9-29-24-30(8-14-34(29)39)37-26-49(48-42(37)27-18-20-46-21-19-27)31-10-12-32(13-11-31)56-22-3-23-57-33-5-1-4-28(25-33)35-6-2-7-36-41(35)45(55)50(44(36)54)38-15-17-40(52)47-43(38)53/h1-2,4-8,10-14,18-21,24-26,38H,3,9,15-17,22-23H2,(H,47,52,53). The SMILES string of the molecule is O=C1CCC(N2C(=O)c3cccc(-c4cccc(OCCCOc5ccc(-n6cc(-c7ccc8c(c7)CCC8=O)c(-c7ccncc7)n6)cc5)c4)c3C2=O)C(=O)N1. The zero-order valence-corrected chi connectivity index (χ0v) is 30.6. The summed E-state index contributed by atoms with van der Waals surface area (Å²) in [4.78, 5) is 68.5. The van der Waals surface area contributed by atoms with Crippen LogP contribution in [0.25, 0.3) is 39.2 Å². The van der Waals surface area contributed by atoms with Gasteiger partial charge in [0.1, 0.15) is 23.2 Å². The van der Waals surface area contributed by atoms with Gasteiger partial charge in [-0.2, -0.15) is 5.10 Å². The Balaban J connectivity index is 0.833. The molecule has 1 fully saturated rings. The maximum atomic E-state index is 13.6. The molecule has 1 N–H and O–H groups in total. The van der Waals surface area contributed by atoms with Crippen molar-refractivity contribution in [3.63, 3.8) is 0 Å². The van der Waals surface area contributed by atoms with E-state index in [1.165, 1.54) is 0 Å². The second-order valence-electron chi connectivity index (χ2n) is 14.1. The van der Waals surface area contributed by atoms with Crippen molar-refractivity contribution >= 4 is 29.4 Å². The van der Waals surface area contributed by atoms with Gasteiger partial charge in [-0.1, -0.05) is 42.5 Å². The van der Waals surface area contributed by atoms with Gasteiger partial charge in [0.25, 0.3) is 11.8 Å². The molecule has 3 aliphatic rings. The van der Waals surface area contributed by atoms with E-state index >= 15 is 0 Å². The normalized spacial score (nSPS) is 16.1. The Bertz CT molecular complexity index is 2600. The van der Waals surface area contributed by atoms with Crippen LogP contribution < -0.4 is 14.8 Å². The molecular formula is C45H35N5O7. The number of aryl methyl sites for hydroxylation is 1. The fraction of sp³-hybridized carbons (Fsp3) is 0.178. The number of ether oxygens (including phenoxy) is 2. The number of hydrogen-bond acceptors (Lipinski definition) is 9. The largest absolute Gasteiger partial charge is 0.493 e. The van der Waals surface area contributed by atoms with E-state index in [1.54, 1.807) is 30.6 Å². The number of nitrogens with zero attached hydrogens (tertiary/aromatic N) is 4. The van der Waals surface area contributed by atoms with Crippen molar-refractivity contribution in [3.05, 3.63) is 138 Å². The van der Waals surface area contributed by atoms with Gasteiger partial charge in [0, 0.05) is 54.5 Å². The first-order valence-electron chi connectivity index (χ1n) is 18.8. The molecule has 1 unspecified atom stereocenters. The molecule has 282 valence electrons. The number of aromatic nitrogens is 3. The summed E-state index contributed by atoms with van der Waals surface area (Å²) in [6.45, 7) is 0.788. The predicted molar refractivity (Wildman–Crippen MR) is 209 cm³/mol. The minimum atomic E-state index is -1.04. The first kappa shape index (κ1) is 35.5. The molecular weight excluding hydrogens is 723 g/mol. The Hall–Kier alpha value is -7.21. The van der Waals surface area contributed by atoms with Crippen LogP contribution in [0.2, 0.25) is 0 Å². The molecule has 2 aliphatic heterocycles. The number of ketones is 1. The highest BCUT2D eigenvalue weighted by molar-refractivity contribution is 6.25. The lowest BCUT2D eigenvalue weighted by atomic mass is 9.96. The number of pyridine rings is 1. The van der Waals surface area contributed by atoms with Gasteiger partial charge in [-0.15, -0.1) is 0 Å². The number of benzene rings is 4. The summed E-state index contributed by atoms with van der Waals surface area (Å²) in [7, 11) is 0. The molecule has 4 heterocycles. The maximum Gasteiger partial charge on any atom is 0.262 e. The first-order chi connectivity index (χ1) is 27.8. The quantitative estimate of drug-likeness (QED) is 0.113. The van der Waals surface area contributed by atoms with Crippen molar-refractivity contribution in [2.24, 2.45) is 0 Å². The van der Waals surface area contributed by atoms with Gasteiger partial charge in [-0.25, -0.2) is 4.68 Å². The molecule has 57 heavy (non-hydrogen) atoms. The van der Waals surface area contributed by atoms with Crippen molar-refractivity contribution in [2.45, 2.75) is 38.1 Å². The number of piperidine rings is 1. The van der Waals surface area contributed by atoms with E-state index in [0.717, 1.165) is 50.5 Å². The van der Waals surface area contributed by atoms with Crippen molar-refractivity contribution in [1.82, 2.24) is 25.0 Å². The number of carbonyl (C=O) groups excluding carboxylic acids is 5. The van der Waals surface area contributed by atoms with E-state index in [0.29, 0.717) is 48.7 Å². The average molecular weight is 758 g/mol. The molecule has 4 aromatic carbocycles. The lowest BCUT2D eigenvalue weighted by Gasteiger charge is -2.27. The Morgan fingerprint density at radius 1 is 0.667 bits per heavy atom. The molecule has 12 heteroatoms. The van der Waals surface area contributed by atoms with Gasteiger partial charge in [-0.05, 0) is 89.7 Å². The second kappa shape index (κ2) is 14.8. The number of amides is 4. The summed E-state index contributed by atoms with van der Waals surface area (Å²) in [6.07, 6.45) is 7.55. The number of nitrogens with one attached hydrogen (secondary N) is 1. The van der Waals surface area contributed by atoms with Crippen molar-refractivity contribution in [2.75, 3.05) is 13.2 Å². The van der Waals surface area contributed by atoms with Crippen LogP contribution in [-0.4, -0.2) is 68.3 Å².